The summed E-state index contributed by atoms with van der Waals surface area (Å²) in [5.41, 5.74) is -0.185. The van der Waals surface area contributed by atoms with E-state index >= 15 is 0 Å². The summed E-state index contributed by atoms with van der Waals surface area (Å²) in [4.78, 5) is 17.4. The molecule has 0 saturated heterocycles. The Morgan fingerprint density at radius 1 is 1.19 bits per heavy atom. The highest BCUT2D eigenvalue weighted by Gasteiger charge is 2.32. The van der Waals surface area contributed by atoms with E-state index < -0.39 is 11.7 Å². The highest BCUT2D eigenvalue weighted by Crippen LogP contribution is 2.36. The number of aromatic nitrogens is 1. The summed E-state index contributed by atoms with van der Waals surface area (Å²) < 4.78 is 38.4. The molecule has 3 rings (SSSR count). The van der Waals surface area contributed by atoms with Crippen molar-refractivity contribution in [2.45, 2.75) is 6.18 Å². The lowest BCUT2D eigenvalue weighted by Gasteiger charge is -2.29. The number of rotatable bonds is 1. The molecule has 0 radical (unpaired) electrons. The Balaban J connectivity index is 2.10. The van der Waals surface area contributed by atoms with Gasteiger partial charge in [-0.25, -0.2) is 4.98 Å². The smallest absolute Gasteiger partial charge is 0.359 e. The maximum absolute atomic E-state index is 12.8. The van der Waals surface area contributed by atoms with E-state index in [2.05, 4.69) is 10.3 Å². The standard InChI is InChI=1S/C14H10F3N3O/c15-14(16,17)9-3-1-4-10(7-9)20-11-5-2-6-18-13(11)19-8-12(20)21/h1-7H,8H2,(H,18,19). The van der Waals surface area contributed by atoms with Gasteiger partial charge in [-0.15, -0.1) is 0 Å². The van der Waals surface area contributed by atoms with Crippen LogP contribution in [0.2, 0.25) is 0 Å². The molecule has 0 fully saturated rings. The van der Waals surface area contributed by atoms with E-state index in [1.807, 2.05) is 0 Å². The van der Waals surface area contributed by atoms with Gasteiger partial charge in [-0.1, -0.05) is 6.07 Å². The second-order valence-corrected chi connectivity index (χ2v) is 4.50. The van der Waals surface area contributed by atoms with Gasteiger partial charge in [0.2, 0.25) is 0 Å². The van der Waals surface area contributed by atoms with Gasteiger partial charge < -0.3 is 5.32 Å². The molecule has 2 aromatic rings. The molecule has 0 spiro atoms. The molecule has 0 unspecified atom stereocenters. The Bertz CT molecular complexity index is 700. The third-order valence-corrected chi connectivity index (χ3v) is 3.12. The first kappa shape index (κ1) is 13.4. The second-order valence-electron chi connectivity index (χ2n) is 4.50. The minimum Gasteiger partial charge on any atom is -0.359 e. The molecule has 21 heavy (non-hydrogen) atoms. The number of carbonyl (C=O) groups excluding carboxylic acids is 1. The number of alkyl halides is 3. The Morgan fingerprint density at radius 2 is 2.00 bits per heavy atom. The van der Waals surface area contributed by atoms with Crippen LogP contribution in [-0.2, 0) is 11.0 Å². The predicted molar refractivity (Wildman–Crippen MR) is 71.3 cm³/mol. The predicted octanol–water partition coefficient (Wildman–Crippen LogP) is 3.19. The number of hydrogen-bond donors (Lipinski definition) is 1. The molecular formula is C14H10F3N3O. The quantitative estimate of drug-likeness (QED) is 0.878. The molecule has 1 amide bonds. The van der Waals surface area contributed by atoms with E-state index in [9.17, 15) is 18.0 Å². The summed E-state index contributed by atoms with van der Waals surface area (Å²) in [5, 5.41) is 2.83. The third-order valence-electron chi connectivity index (χ3n) is 3.12. The highest BCUT2D eigenvalue weighted by molar-refractivity contribution is 6.07. The van der Waals surface area contributed by atoms with Crippen LogP contribution in [0.1, 0.15) is 5.56 Å². The van der Waals surface area contributed by atoms with Gasteiger partial charge >= 0.3 is 6.18 Å². The number of hydrogen-bond acceptors (Lipinski definition) is 3. The van der Waals surface area contributed by atoms with Gasteiger partial charge in [0, 0.05) is 11.9 Å². The summed E-state index contributed by atoms with van der Waals surface area (Å²) in [6.07, 6.45) is -2.91. The summed E-state index contributed by atoms with van der Waals surface area (Å²) in [5.74, 6) is 0.129. The number of amides is 1. The lowest BCUT2D eigenvalue weighted by Crippen LogP contribution is -2.36. The number of anilines is 3. The molecule has 0 aliphatic carbocycles. The van der Waals surface area contributed by atoms with Crippen molar-refractivity contribution in [1.29, 1.82) is 0 Å². The topological polar surface area (TPSA) is 45.2 Å². The number of benzene rings is 1. The van der Waals surface area contributed by atoms with E-state index in [4.69, 9.17) is 0 Å². The first-order valence-corrected chi connectivity index (χ1v) is 6.16. The molecule has 1 aromatic heterocycles. The maximum Gasteiger partial charge on any atom is 0.416 e. The van der Waals surface area contributed by atoms with Gasteiger partial charge in [0.15, 0.2) is 5.82 Å². The molecule has 1 N–H and O–H groups in total. The van der Waals surface area contributed by atoms with Crippen molar-refractivity contribution in [1.82, 2.24) is 4.98 Å². The fourth-order valence-electron chi connectivity index (χ4n) is 2.19. The highest BCUT2D eigenvalue weighted by atomic mass is 19.4. The fraction of sp³-hybridized carbons (Fsp3) is 0.143. The van der Waals surface area contributed by atoms with Crippen LogP contribution in [0.3, 0.4) is 0 Å². The Kier molecular flexibility index (Phi) is 3.04. The number of fused-ring (bicyclic) bond motifs is 1. The average molecular weight is 293 g/mol. The average Bonchev–Trinajstić information content (AvgIpc) is 2.46. The normalized spacial score (nSPS) is 14.6. The number of carbonyl (C=O) groups is 1. The van der Waals surface area contributed by atoms with Gasteiger partial charge in [-0.3, -0.25) is 9.69 Å². The van der Waals surface area contributed by atoms with Crippen LogP contribution in [0.25, 0.3) is 0 Å². The third kappa shape index (κ3) is 2.42. The van der Waals surface area contributed by atoms with Crippen molar-refractivity contribution < 1.29 is 18.0 Å². The van der Waals surface area contributed by atoms with Crippen molar-refractivity contribution in [2.75, 3.05) is 16.8 Å². The molecule has 108 valence electrons. The minimum absolute atomic E-state index is 0.0136. The SMILES string of the molecule is O=C1CNc2ncccc2N1c1cccc(C(F)(F)F)c1. The summed E-state index contributed by atoms with van der Waals surface area (Å²) in [6, 6.07) is 7.94. The van der Waals surface area contributed by atoms with E-state index in [0.717, 1.165) is 12.1 Å². The molecule has 1 aromatic carbocycles. The molecule has 0 atom stereocenters. The van der Waals surface area contributed by atoms with Gasteiger partial charge in [0.25, 0.3) is 5.91 Å². The Morgan fingerprint density at radius 3 is 2.76 bits per heavy atom. The summed E-state index contributed by atoms with van der Waals surface area (Å²) in [6.45, 7) is -0.0136. The molecule has 1 aliphatic heterocycles. The first-order valence-electron chi connectivity index (χ1n) is 6.16. The van der Waals surface area contributed by atoms with Crippen molar-refractivity contribution >= 4 is 23.1 Å². The molecule has 1 aliphatic rings. The van der Waals surface area contributed by atoms with Gasteiger partial charge in [0.05, 0.1) is 17.8 Å². The minimum atomic E-state index is -4.45. The molecule has 4 nitrogen and oxygen atoms in total. The van der Waals surface area contributed by atoms with Crippen LogP contribution in [0.4, 0.5) is 30.4 Å². The Labute approximate surface area is 118 Å². The van der Waals surface area contributed by atoms with Crippen LogP contribution in [0.5, 0.6) is 0 Å². The summed E-state index contributed by atoms with van der Waals surface area (Å²) >= 11 is 0. The first-order chi connectivity index (χ1) is 9.97. The maximum atomic E-state index is 12.8. The van der Waals surface area contributed by atoms with Gasteiger partial charge in [-0.05, 0) is 30.3 Å². The molecule has 7 heteroatoms. The molecule has 2 heterocycles. The van der Waals surface area contributed by atoms with E-state index in [1.54, 1.807) is 18.3 Å². The lowest BCUT2D eigenvalue weighted by atomic mass is 10.1. The zero-order valence-corrected chi connectivity index (χ0v) is 10.7. The van der Waals surface area contributed by atoms with Crippen molar-refractivity contribution in [3.05, 3.63) is 48.2 Å². The zero-order valence-electron chi connectivity index (χ0n) is 10.7. The lowest BCUT2D eigenvalue weighted by molar-refractivity contribution is -0.137. The molecule has 0 bridgehead atoms. The van der Waals surface area contributed by atoms with Crippen molar-refractivity contribution in [3.8, 4) is 0 Å². The fourth-order valence-corrected chi connectivity index (χ4v) is 2.19. The van der Waals surface area contributed by atoms with Crippen LogP contribution in [-0.4, -0.2) is 17.4 Å². The van der Waals surface area contributed by atoms with E-state index in [0.29, 0.717) is 11.5 Å². The van der Waals surface area contributed by atoms with E-state index in [1.165, 1.54) is 17.0 Å². The summed E-state index contributed by atoms with van der Waals surface area (Å²) in [7, 11) is 0. The van der Waals surface area contributed by atoms with Crippen molar-refractivity contribution in [2.24, 2.45) is 0 Å². The number of halogens is 3. The van der Waals surface area contributed by atoms with Gasteiger partial charge in [-0.2, -0.15) is 13.2 Å². The zero-order chi connectivity index (χ0) is 15.0. The number of nitrogens with zero attached hydrogens (tertiary/aromatic N) is 2. The molecule has 0 saturated carbocycles. The van der Waals surface area contributed by atoms with Crippen LogP contribution in [0, 0.1) is 0 Å². The van der Waals surface area contributed by atoms with E-state index in [-0.39, 0.29) is 18.1 Å². The monoisotopic (exact) mass is 293 g/mol. The molecular weight excluding hydrogens is 283 g/mol. The Hall–Kier alpha value is -2.57. The number of nitrogens with one attached hydrogen (secondary N) is 1. The van der Waals surface area contributed by atoms with Crippen LogP contribution >= 0.6 is 0 Å². The number of pyridine rings is 1. The van der Waals surface area contributed by atoms with Crippen LogP contribution in [0.15, 0.2) is 42.6 Å². The largest absolute Gasteiger partial charge is 0.416 e. The second kappa shape index (κ2) is 4.76. The van der Waals surface area contributed by atoms with Crippen molar-refractivity contribution in [3.63, 3.8) is 0 Å². The van der Waals surface area contributed by atoms with Gasteiger partial charge in [0.1, 0.15) is 0 Å². The van der Waals surface area contributed by atoms with Crippen LogP contribution < -0.4 is 10.2 Å².